The fourth-order valence-electron chi connectivity index (χ4n) is 4.14. The minimum atomic E-state index is -3.82. The van der Waals surface area contributed by atoms with Crippen LogP contribution in [0.1, 0.15) is 44.4 Å². The van der Waals surface area contributed by atoms with E-state index in [0.29, 0.717) is 5.75 Å². The molecule has 13 nitrogen and oxygen atoms in total. The van der Waals surface area contributed by atoms with Crippen LogP contribution < -0.4 is 9.88 Å². The minimum absolute atomic E-state index is 0.0539. The van der Waals surface area contributed by atoms with E-state index in [4.69, 9.17) is 9.88 Å². The molecule has 246 valence electrons. The number of hydrogen-bond donors (Lipinski definition) is 3. The summed E-state index contributed by atoms with van der Waals surface area (Å²) < 4.78 is 58.2. The van der Waals surface area contributed by atoms with Gasteiger partial charge in [-0.05, 0) is 57.9 Å². The zero-order chi connectivity index (χ0) is 33.6. The molecule has 0 fully saturated rings. The third-order valence-corrected chi connectivity index (χ3v) is 8.89. The topological polar surface area (TPSA) is 183 Å². The number of aromatic nitrogens is 4. The van der Waals surface area contributed by atoms with Gasteiger partial charge in [-0.15, -0.1) is 0 Å². The number of hydrogen-bond acceptors (Lipinski definition) is 9. The summed E-state index contributed by atoms with van der Waals surface area (Å²) in [5, 5.41) is 32.2. The molecule has 0 unspecified atom stereocenters. The molecule has 2 heterocycles. The summed E-state index contributed by atoms with van der Waals surface area (Å²) in [5.41, 5.74) is 0.910. The van der Waals surface area contributed by atoms with Crippen LogP contribution in [0.4, 0.5) is 0 Å². The molecule has 0 saturated carbocycles. The first-order valence-corrected chi connectivity index (χ1v) is 16.9. The number of aliphatic hydroxyl groups is 2. The van der Waals surface area contributed by atoms with E-state index in [-0.39, 0.29) is 36.0 Å². The van der Waals surface area contributed by atoms with Gasteiger partial charge in [-0.2, -0.15) is 14.5 Å². The molecule has 0 spiro atoms. The van der Waals surface area contributed by atoms with Gasteiger partial charge in [-0.3, -0.25) is 9.36 Å². The Kier molecular flexibility index (Phi) is 11.3. The zero-order valence-electron chi connectivity index (χ0n) is 26.3. The molecule has 45 heavy (non-hydrogen) atoms. The summed E-state index contributed by atoms with van der Waals surface area (Å²) in [4.78, 5) is 0.0409. The number of sulfonamides is 2. The molecular weight excluding hydrogens is 620 g/mol. The van der Waals surface area contributed by atoms with Crippen molar-refractivity contribution in [2.24, 2.45) is 5.14 Å². The summed E-state index contributed by atoms with van der Waals surface area (Å²) >= 11 is 0. The Morgan fingerprint density at radius 2 is 1.20 bits per heavy atom. The second-order valence-corrected chi connectivity index (χ2v) is 15.5. The lowest BCUT2D eigenvalue weighted by atomic mass is 10.1. The summed E-state index contributed by atoms with van der Waals surface area (Å²) in [6, 6.07) is 15.1. The highest BCUT2D eigenvalue weighted by Gasteiger charge is 2.27. The van der Waals surface area contributed by atoms with E-state index in [2.05, 4.69) is 10.2 Å². The summed E-state index contributed by atoms with van der Waals surface area (Å²) in [7, 11) is -5.93. The highest BCUT2D eigenvalue weighted by molar-refractivity contribution is 7.89. The van der Waals surface area contributed by atoms with E-state index in [1.807, 2.05) is 55.5 Å². The minimum Gasteiger partial charge on any atom is -0.497 e. The van der Waals surface area contributed by atoms with Gasteiger partial charge in [0.1, 0.15) is 15.5 Å². The Labute approximate surface area is 265 Å². The normalized spacial score (nSPS) is 12.6. The Morgan fingerprint density at radius 3 is 1.60 bits per heavy atom. The van der Waals surface area contributed by atoms with Gasteiger partial charge in [0, 0.05) is 25.5 Å². The van der Waals surface area contributed by atoms with Crippen molar-refractivity contribution in [1.82, 2.24) is 23.9 Å². The van der Waals surface area contributed by atoms with Crippen LogP contribution in [0.15, 0.2) is 83.1 Å². The number of rotatable bonds is 12. The van der Waals surface area contributed by atoms with Gasteiger partial charge in [-0.1, -0.05) is 42.0 Å². The van der Waals surface area contributed by atoms with E-state index in [1.165, 1.54) is 32.3 Å². The average Bonchev–Trinajstić information content (AvgIpc) is 3.58. The van der Waals surface area contributed by atoms with E-state index < -0.39 is 31.2 Å². The van der Waals surface area contributed by atoms with E-state index in [1.54, 1.807) is 34.8 Å². The number of primary sulfonamides is 1. The molecule has 0 bridgehead atoms. The number of nitrogens with two attached hydrogens (primary N) is 1. The molecular formula is C30H42N6O7S2. The fraction of sp³-hybridized carbons (Fsp3) is 0.400. The van der Waals surface area contributed by atoms with E-state index in [9.17, 15) is 27.0 Å². The second-order valence-electron chi connectivity index (χ2n) is 12.0. The van der Waals surface area contributed by atoms with Gasteiger partial charge in [0.05, 0.1) is 43.8 Å². The zero-order valence-corrected chi connectivity index (χ0v) is 28.0. The molecule has 0 amide bonds. The lowest BCUT2D eigenvalue weighted by Crippen LogP contribution is -2.30. The average molecular weight is 663 g/mol. The van der Waals surface area contributed by atoms with Crippen LogP contribution in [-0.4, -0.2) is 69.2 Å². The van der Waals surface area contributed by atoms with Crippen LogP contribution >= 0.6 is 0 Å². The van der Waals surface area contributed by atoms with Crippen LogP contribution in [0.5, 0.6) is 5.75 Å². The third kappa shape index (κ3) is 11.4. The van der Waals surface area contributed by atoms with Crippen molar-refractivity contribution in [3.63, 3.8) is 0 Å². The maximum absolute atomic E-state index is 13.5. The Bertz CT molecular complexity index is 1750. The Morgan fingerprint density at radius 1 is 0.778 bits per heavy atom. The maximum Gasteiger partial charge on any atom is 0.246 e. The molecule has 0 atom stereocenters. The molecule has 0 aliphatic heterocycles. The van der Waals surface area contributed by atoms with Crippen molar-refractivity contribution in [2.45, 2.75) is 81.8 Å². The fourth-order valence-corrected chi connectivity index (χ4v) is 5.98. The van der Waals surface area contributed by atoms with Crippen molar-refractivity contribution < 1.29 is 31.8 Å². The van der Waals surface area contributed by atoms with Crippen LogP contribution in [0.25, 0.3) is 0 Å². The summed E-state index contributed by atoms with van der Waals surface area (Å²) in [6.45, 7) is 9.33. The molecule has 0 radical (unpaired) electrons. The monoisotopic (exact) mass is 662 g/mol. The van der Waals surface area contributed by atoms with Crippen LogP contribution in [0.3, 0.4) is 0 Å². The molecule has 4 N–H and O–H groups in total. The van der Waals surface area contributed by atoms with Gasteiger partial charge < -0.3 is 14.9 Å². The molecule has 0 saturated heterocycles. The Balaban J connectivity index is 0.000000330. The molecule has 0 aliphatic carbocycles. The van der Waals surface area contributed by atoms with E-state index in [0.717, 1.165) is 22.9 Å². The van der Waals surface area contributed by atoms with Crippen molar-refractivity contribution in [3.05, 3.63) is 90.0 Å². The van der Waals surface area contributed by atoms with Crippen LogP contribution in [0, 0.1) is 6.92 Å². The predicted molar refractivity (Wildman–Crippen MR) is 169 cm³/mol. The van der Waals surface area contributed by atoms with Crippen LogP contribution in [0.2, 0.25) is 0 Å². The maximum atomic E-state index is 13.5. The number of benzene rings is 2. The van der Waals surface area contributed by atoms with E-state index >= 15 is 0 Å². The third-order valence-electron chi connectivity index (χ3n) is 6.28. The Hall–Kier alpha value is -3.60. The molecule has 4 aromatic rings. The molecule has 15 heteroatoms. The number of ether oxygens (including phenoxy) is 1. The number of methoxy groups -OCH3 is 1. The first-order valence-electron chi connectivity index (χ1n) is 14.0. The lowest BCUT2D eigenvalue weighted by Gasteiger charge is -2.22. The summed E-state index contributed by atoms with van der Waals surface area (Å²) in [6.07, 6.45) is 5.23. The molecule has 2 aromatic heterocycles. The first kappa shape index (κ1) is 35.9. The highest BCUT2D eigenvalue weighted by atomic mass is 32.2. The van der Waals surface area contributed by atoms with Gasteiger partial charge in [-0.25, -0.2) is 22.0 Å². The van der Waals surface area contributed by atoms with Gasteiger partial charge >= 0.3 is 0 Å². The SMILES string of the molecule is CC(C)(O)Cn1cc(S(N)(=O)=O)cn1.COc1ccc(CN(Cc2ccc(C)cc2)S(=O)(=O)c2cnn(CC(C)(C)O)c2)cc1. The van der Waals surface area contributed by atoms with Crippen molar-refractivity contribution >= 4 is 20.0 Å². The highest BCUT2D eigenvalue weighted by Crippen LogP contribution is 2.23. The van der Waals surface area contributed by atoms with Gasteiger partial charge in [0.15, 0.2) is 0 Å². The molecule has 4 rings (SSSR count). The molecule has 0 aliphatic rings. The summed E-state index contributed by atoms with van der Waals surface area (Å²) in [5.74, 6) is 0.713. The first-order chi connectivity index (χ1) is 20.7. The van der Waals surface area contributed by atoms with Crippen molar-refractivity contribution in [2.75, 3.05) is 7.11 Å². The number of aryl methyl sites for hydroxylation is 1. The van der Waals surface area contributed by atoms with Gasteiger partial charge in [0.25, 0.3) is 0 Å². The quantitative estimate of drug-likeness (QED) is 0.205. The van der Waals surface area contributed by atoms with Crippen molar-refractivity contribution in [1.29, 1.82) is 0 Å². The number of nitrogens with zero attached hydrogens (tertiary/aromatic N) is 5. The largest absolute Gasteiger partial charge is 0.497 e. The predicted octanol–water partition coefficient (Wildman–Crippen LogP) is 2.66. The van der Waals surface area contributed by atoms with Crippen molar-refractivity contribution in [3.8, 4) is 5.75 Å². The standard InChI is InChI=1S/C23H29N3O4S.C7H13N3O3S/c1-18-5-7-19(8-6-18)14-26(15-20-9-11-21(30-4)12-10-20)31(28,29)22-13-24-25(16-22)17-23(2,3)27;1-7(2,11)5-10-4-6(3-9-10)14(8,12)13/h5-13,16,27H,14-15,17H2,1-4H3;3-4,11H,5H2,1-2H3,(H2,8,12,13). The second kappa shape index (κ2) is 14.2. The smallest absolute Gasteiger partial charge is 0.246 e. The molecule has 2 aromatic carbocycles. The van der Waals surface area contributed by atoms with Gasteiger partial charge in [0.2, 0.25) is 20.0 Å². The lowest BCUT2D eigenvalue weighted by molar-refractivity contribution is 0.0570. The van der Waals surface area contributed by atoms with Crippen LogP contribution in [-0.2, 0) is 46.2 Å².